The molecule has 0 spiro atoms. The van der Waals surface area contributed by atoms with E-state index in [9.17, 15) is 0 Å². The summed E-state index contributed by atoms with van der Waals surface area (Å²) in [4.78, 5) is 0. The zero-order valence-corrected chi connectivity index (χ0v) is 8.98. The van der Waals surface area contributed by atoms with Gasteiger partial charge in [0.25, 0.3) is 0 Å². The number of halogens is 1. The van der Waals surface area contributed by atoms with Crippen molar-refractivity contribution in [3.63, 3.8) is 0 Å². The first-order valence-electron chi connectivity index (χ1n) is 2.36. The van der Waals surface area contributed by atoms with Crippen LogP contribution in [-0.4, -0.2) is 0 Å². The van der Waals surface area contributed by atoms with Gasteiger partial charge >= 0.3 is 70.3 Å². The second-order valence-electron chi connectivity index (χ2n) is 1.28. The van der Waals surface area contributed by atoms with Crippen LogP contribution in [0.3, 0.4) is 0 Å². The van der Waals surface area contributed by atoms with E-state index in [0.717, 1.165) is 6.42 Å². The van der Waals surface area contributed by atoms with Crippen molar-refractivity contribution in [2.24, 2.45) is 0 Å². The molecule has 0 unspecified atom stereocenters. The monoisotopic (exact) mass is 403 g/mol. The minimum atomic E-state index is 0.337. The average Bonchev–Trinajstić information content (AvgIpc) is 1.81. The molecule has 0 amide bonds. The molecule has 0 bridgehead atoms. The van der Waals surface area contributed by atoms with Gasteiger partial charge in [-0.05, 0) is 0 Å². The van der Waals surface area contributed by atoms with Gasteiger partial charge in [-0.3, -0.25) is 0 Å². The molecule has 0 aliphatic heterocycles. The molecule has 0 aromatic carbocycles. The second-order valence-corrected chi connectivity index (χ2v) is 5.75. The standard InChI is InChI=1S/C6H9.HI.Pt/c1-3-5-6-4-2;;/h1,3-4H,2,5-6H2;1H;/q;;+1/p-1. The fraction of sp³-hybridized carbons (Fsp3) is 0.333. The summed E-state index contributed by atoms with van der Waals surface area (Å²) in [5.41, 5.74) is 0. The van der Waals surface area contributed by atoms with Crippen molar-refractivity contribution < 1.29 is 14.9 Å². The van der Waals surface area contributed by atoms with Crippen molar-refractivity contribution in [1.82, 2.24) is 0 Å². The molecule has 0 aliphatic rings. The van der Waals surface area contributed by atoms with E-state index in [1.807, 2.05) is 6.08 Å². The first kappa shape index (κ1) is 8.90. The van der Waals surface area contributed by atoms with Gasteiger partial charge in [0.2, 0.25) is 0 Å². The van der Waals surface area contributed by atoms with Crippen LogP contribution in [0.5, 0.6) is 0 Å². The normalized spacial score (nSPS) is 10.6. The Kier molecular flexibility index (Phi) is 8.79. The van der Waals surface area contributed by atoms with Gasteiger partial charge in [-0.15, -0.1) is 0 Å². The molecule has 8 heavy (non-hydrogen) atoms. The van der Waals surface area contributed by atoms with Crippen molar-refractivity contribution in [1.29, 1.82) is 0 Å². The Morgan fingerprint density at radius 3 is 2.75 bits per heavy atom. The van der Waals surface area contributed by atoms with Crippen molar-refractivity contribution >= 4 is 19.4 Å². The molecule has 0 aromatic rings. The molecular weight excluding hydrogens is 394 g/mol. The number of hydrogen-bond donors (Lipinski definition) is 0. The summed E-state index contributed by atoms with van der Waals surface area (Å²) in [5, 5.41) is 0. The van der Waals surface area contributed by atoms with Gasteiger partial charge in [-0.2, -0.15) is 0 Å². The van der Waals surface area contributed by atoms with E-state index in [1.54, 1.807) is 0 Å². The molecule has 0 N–H and O–H groups in total. The van der Waals surface area contributed by atoms with E-state index in [0.29, 0.717) is 14.9 Å². The van der Waals surface area contributed by atoms with E-state index in [-0.39, 0.29) is 0 Å². The molecule has 0 rings (SSSR count). The molecule has 50 valence electrons. The predicted octanol–water partition coefficient (Wildman–Crippen LogP) is 2.90. The Morgan fingerprint density at radius 2 is 2.25 bits per heavy atom. The molecule has 0 saturated heterocycles. The molecule has 0 aliphatic carbocycles. The van der Waals surface area contributed by atoms with Crippen LogP contribution in [0.25, 0.3) is 0 Å². The predicted molar refractivity (Wildman–Crippen MR) is 42.6 cm³/mol. The topological polar surface area (TPSA) is 0 Å². The van der Waals surface area contributed by atoms with Crippen molar-refractivity contribution in [2.75, 3.05) is 0 Å². The molecular formula is C6H9IPt. The van der Waals surface area contributed by atoms with Crippen LogP contribution < -0.4 is 0 Å². The summed E-state index contributed by atoms with van der Waals surface area (Å²) in [6.07, 6.45) is 6.49. The van der Waals surface area contributed by atoms with Gasteiger partial charge in [-0.25, -0.2) is 0 Å². The second kappa shape index (κ2) is 7.90. The number of unbranched alkanes of at least 4 members (excludes halogenated alkanes) is 1. The first-order chi connectivity index (χ1) is 3.91. The summed E-state index contributed by atoms with van der Waals surface area (Å²) >= 11 is 2.77. The molecule has 0 fully saturated rings. The van der Waals surface area contributed by atoms with Gasteiger partial charge in [0.05, 0.1) is 0 Å². The molecule has 0 saturated carbocycles. The number of allylic oxidation sites excluding steroid dienone is 2. The van der Waals surface area contributed by atoms with Crippen LogP contribution in [0.2, 0.25) is 0 Å². The van der Waals surface area contributed by atoms with Gasteiger partial charge < -0.3 is 0 Å². The summed E-state index contributed by atoms with van der Waals surface area (Å²) in [6, 6.07) is 0. The third-order valence-electron chi connectivity index (χ3n) is 0.652. The molecule has 0 heterocycles. The van der Waals surface area contributed by atoms with Crippen LogP contribution in [0.4, 0.5) is 0 Å². The van der Waals surface area contributed by atoms with Crippen molar-refractivity contribution in [3.8, 4) is 0 Å². The summed E-state index contributed by atoms with van der Waals surface area (Å²) in [6.45, 7) is 3.63. The summed E-state index contributed by atoms with van der Waals surface area (Å²) < 4.78 is 2.28. The molecule has 0 radical (unpaired) electrons. The number of hydrogen-bond acceptors (Lipinski definition) is 0. The fourth-order valence-electron chi connectivity index (χ4n) is 0.295. The SMILES string of the molecule is C=CCCC=[CH][Pt][I]. The Balaban J connectivity index is 2.90. The van der Waals surface area contributed by atoms with Crippen LogP contribution in [-0.2, 0) is 14.9 Å². The van der Waals surface area contributed by atoms with Crippen LogP contribution in [0, 0.1) is 0 Å². The minimum absolute atomic E-state index is 0.337. The summed E-state index contributed by atoms with van der Waals surface area (Å²) in [5.74, 6) is 0. The Bertz CT molecular complexity index is 78.6. The van der Waals surface area contributed by atoms with Gasteiger partial charge in [0.1, 0.15) is 0 Å². The van der Waals surface area contributed by atoms with Gasteiger partial charge in [-0.1, -0.05) is 0 Å². The zero-order chi connectivity index (χ0) is 6.24. The number of rotatable bonds is 4. The van der Waals surface area contributed by atoms with Crippen LogP contribution in [0.1, 0.15) is 12.8 Å². The van der Waals surface area contributed by atoms with Crippen molar-refractivity contribution in [2.45, 2.75) is 12.8 Å². The average molecular weight is 403 g/mol. The third kappa shape index (κ3) is 6.90. The van der Waals surface area contributed by atoms with E-state index in [4.69, 9.17) is 0 Å². The van der Waals surface area contributed by atoms with Crippen molar-refractivity contribution in [3.05, 3.63) is 23.2 Å². The molecule has 0 aromatic heterocycles. The quantitative estimate of drug-likeness (QED) is 0.385. The maximum absolute atomic E-state index is 3.63. The summed E-state index contributed by atoms with van der Waals surface area (Å²) in [7, 11) is 0. The van der Waals surface area contributed by atoms with E-state index in [1.165, 1.54) is 6.42 Å². The van der Waals surface area contributed by atoms with E-state index >= 15 is 0 Å². The first-order valence-corrected chi connectivity index (χ1v) is 10.1. The van der Waals surface area contributed by atoms with E-state index < -0.39 is 0 Å². The molecule has 0 nitrogen and oxygen atoms in total. The Labute approximate surface area is 69.8 Å². The molecule has 2 heteroatoms. The third-order valence-corrected chi connectivity index (χ3v) is 3.34. The maximum atomic E-state index is 3.63. The van der Waals surface area contributed by atoms with E-state index in [2.05, 4.69) is 36.5 Å². The Morgan fingerprint density at radius 1 is 1.50 bits per heavy atom. The fourth-order valence-corrected chi connectivity index (χ4v) is 2.19. The van der Waals surface area contributed by atoms with Crippen LogP contribution in [0.15, 0.2) is 23.2 Å². The van der Waals surface area contributed by atoms with Gasteiger partial charge in [0, 0.05) is 0 Å². The zero-order valence-electron chi connectivity index (χ0n) is 4.55. The molecule has 0 atom stereocenters. The van der Waals surface area contributed by atoms with Crippen LogP contribution >= 0.6 is 19.4 Å². The Hall–Kier alpha value is 0.898. The van der Waals surface area contributed by atoms with Gasteiger partial charge in [0.15, 0.2) is 0 Å².